The molecule has 0 bridgehead atoms. The van der Waals surface area contributed by atoms with Crippen molar-refractivity contribution in [2.45, 2.75) is 5.41 Å². The average Bonchev–Trinajstić information content (AvgIpc) is 3.35. The van der Waals surface area contributed by atoms with Gasteiger partial charge in [0, 0.05) is 23.5 Å². The molecule has 0 atom stereocenters. The van der Waals surface area contributed by atoms with Crippen LogP contribution in [0.1, 0.15) is 11.1 Å². The Bertz CT molecular complexity index is 1860. The van der Waals surface area contributed by atoms with E-state index >= 15 is 0 Å². The van der Waals surface area contributed by atoms with E-state index in [1.165, 1.54) is 21.6 Å². The van der Waals surface area contributed by atoms with Crippen LogP contribution in [0.4, 0.5) is 11.4 Å². The quantitative estimate of drug-likeness (QED) is 0.234. The fourth-order valence-corrected chi connectivity index (χ4v) is 5.63. The maximum atomic E-state index is 6.08. The summed E-state index contributed by atoms with van der Waals surface area (Å²) in [7, 11) is 0. The number of fused-ring (bicyclic) bond motifs is 2. The molecule has 0 aromatic heterocycles. The molecule has 7 rings (SSSR count). The van der Waals surface area contributed by atoms with E-state index in [0.717, 1.165) is 22.6 Å². The first-order chi connectivity index (χ1) is 20.1. The molecule has 5 aromatic rings. The molecule has 0 saturated heterocycles. The minimum absolute atomic E-state index is 0.483. The molecule has 4 N–H and O–H groups in total. The minimum Gasteiger partial charge on any atom is -0.457 e. The number of allylic oxidation sites excluding steroid dienone is 4. The highest BCUT2D eigenvalue weighted by Gasteiger charge is 2.33. The van der Waals surface area contributed by atoms with Crippen molar-refractivity contribution in [2.24, 2.45) is 0 Å². The lowest BCUT2D eigenvalue weighted by Crippen LogP contribution is -2.26. The van der Waals surface area contributed by atoms with Crippen LogP contribution in [0.3, 0.4) is 0 Å². The average molecular weight is 533 g/mol. The summed E-state index contributed by atoms with van der Waals surface area (Å²) >= 11 is 0. The Kier molecular flexibility index (Phi) is 5.94. The maximum Gasteiger partial charge on any atom is 0.129 e. The first-order valence-electron chi connectivity index (χ1n) is 13.6. The van der Waals surface area contributed by atoms with E-state index < -0.39 is 5.41 Å². The second-order valence-corrected chi connectivity index (χ2v) is 10.3. The van der Waals surface area contributed by atoms with Gasteiger partial charge < -0.3 is 20.9 Å². The highest BCUT2D eigenvalue weighted by Crippen LogP contribution is 2.43. The zero-order valence-corrected chi connectivity index (χ0v) is 22.3. The summed E-state index contributed by atoms with van der Waals surface area (Å²) in [5.74, 6) is 2.92. The lowest BCUT2D eigenvalue weighted by molar-refractivity contribution is 0.482. The lowest BCUT2D eigenvalue weighted by atomic mass is 9.70. The summed E-state index contributed by atoms with van der Waals surface area (Å²) in [5, 5.41) is 2.51. The molecule has 0 unspecified atom stereocenters. The fraction of sp³-hybridized carbons (Fsp3) is 0.0270. The monoisotopic (exact) mass is 532 g/mol. The van der Waals surface area contributed by atoms with Crippen molar-refractivity contribution in [3.63, 3.8) is 0 Å². The standard InChI is InChI=1S/C37H28N2O2/c38-29-6-3-8-33(22-29)40-31-15-11-27(12-16-31)37(20-19-36-26(24-37)21-25-5-1-2-10-35(25)36)28-13-17-32(18-14-28)41-34-9-4-7-30(39)23-34/h1-24H,38-39H2. The van der Waals surface area contributed by atoms with E-state index in [1.807, 2.05) is 72.8 Å². The summed E-state index contributed by atoms with van der Waals surface area (Å²) in [6.07, 6.45) is 9.19. The van der Waals surface area contributed by atoms with E-state index in [9.17, 15) is 0 Å². The molecule has 0 fully saturated rings. The summed E-state index contributed by atoms with van der Waals surface area (Å²) < 4.78 is 12.2. The first kappa shape index (κ1) is 24.6. The zero-order valence-electron chi connectivity index (χ0n) is 22.3. The van der Waals surface area contributed by atoms with Crippen molar-refractivity contribution in [3.05, 3.63) is 167 Å². The molecular weight excluding hydrogens is 504 g/mol. The number of hydrogen-bond acceptors (Lipinski definition) is 4. The third-order valence-electron chi connectivity index (χ3n) is 7.62. The number of anilines is 2. The van der Waals surface area contributed by atoms with Gasteiger partial charge in [-0.25, -0.2) is 0 Å². The van der Waals surface area contributed by atoms with Gasteiger partial charge in [-0.05, 0) is 87.3 Å². The molecular formula is C37H28N2O2. The van der Waals surface area contributed by atoms with Crippen LogP contribution in [0.15, 0.2) is 145 Å². The molecule has 2 aliphatic rings. The molecule has 0 amide bonds. The Morgan fingerprint density at radius 2 is 1.10 bits per heavy atom. The van der Waals surface area contributed by atoms with E-state index in [4.69, 9.17) is 20.9 Å². The molecule has 0 heterocycles. The molecule has 0 spiro atoms. The minimum atomic E-state index is -0.483. The predicted molar refractivity (Wildman–Crippen MR) is 166 cm³/mol. The van der Waals surface area contributed by atoms with Gasteiger partial charge in [0.25, 0.3) is 0 Å². The van der Waals surface area contributed by atoms with Crippen LogP contribution >= 0.6 is 0 Å². The summed E-state index contributed by atoms with van der Waals surface area (Å²) in [4.78, 5) is 0. The molecule has 198 valence electrons. The zero-order chi connectivity index (χ0) is 27.8. The Labute approximate surface area is 238 Å². The van der Waals surface area contributed by atoms with E-state index in [-0.39, 0.29) is 0 Å². The third-order valence-corrected chi connectivity index (χ3v) is 7.62. The van der Waals surface area contributed by atoms with Gasteiger partial charge in [-0.3, -0.25) is 0 Å². The molecule has 0 saturated carbocycles. The van der Waals surface area contributed by atoms with Crippen LogP contribution in [0.25, 0.3) is 11.6 Å². The molecule has 4 heteroatoms. The van der Waals surface area contributed by atoms with Gasteiger partial charge in [-0.2, -0.15) is 0 Å². The van der Waals surface area contributed by atoms with Crippen LogP contribution in [-0.4, -0.2) is 0 Å². The van der Waals surface area contributed by atoms with Gasteiger partial charge >= 0.3 is 0 Å². The van der Waals surface area contributed by atoms with E-state index in [0.29, 0.717) is 22.9 Å². The van der Waals surface area contributed by atoms with Crippen molar-refractivity contribution in [1.82, 2.24) is 0 Å². The van der Waals surface area contributed by atoms with Gasteiger partial charge in [-0.1, -0.05) is 78.9 Å². The molecule has 0 aliphatic heterocycles. The summed E-state index contributed by atoms with van der Waals surface area (Å²) in [6, 6.07) is 40.0. The van der Waals surface area contributed by atoms with Crippen LogP contribution in [0, 0.1) is 0 Å². The van der Waals surface area contributed by atoms with Crippen LogP contribution in [0.2, 0.25) is 0 Å². The lowest BCUT2D eigenvalue weighted by Gasteiger charge is -2.33. The molecule has 2 aliphatic carbocycles. The van der Waals surface area contributed by atoms with Gasteiger partial charge in [0.05, 0.1) is 5.41 Å². The first-order valence-corrected chi connectivity index (χ1v) is 13.6. The number of benzene rings is 5. The predicted octanol–water partition coefficient (Wildman–Crippen LogP) is 6.86. The van der Waals surface area contributed by atoms with Gasteiger partial charge in [0.15, 0.2) is 0 Å². The van der Waals surface area contributed by atoms with Crippen LogP contribution in [0.5, 0.6) is 23.0 Å². The third kappa shape index (κ3) is 4.66. The summed E-state index contributed by atoms with van der Waals surface area (Å²) in [6.45, 7) is 0. The molecule has 5 aromatic carbocycles. The fourth-order valence-electron chi connectivity index (χ4n) is 5.63. The number of rotatable bonds is 6. The van der Waals surface area contributed by atoms with Crippen molar-refractivity contribution >= 4 is 23.0 Å². The second-order valence-electron chi connectivity index (χ2n) is 10.3. The number of hydrogen-bond donors (Lipinski definition) is 2. The van der Waals surface area contributed by atoms with Crippen molar-refractivity contribution in [3.8, 4) is 23.0 Å². The van der Waals surface area contributed by atoms with Crippen LogP contribution < -0.4 is 31.4 Å². The Morgan fingerprint density at radius 3 is 1.66 bits per heavy atom. The van der Waals surface area contributed by atoms with Gasteiger partial charge in [0.1, 0.15) is 23.0 Å². The van der Waals surface area contributed by atoms with Gasteiger partial charge in [0.2, 0.25) is 0 Å². The van der Waals surface area contributed by atoms with E-state index in [2.05, 4.69) is 72.8 Å². The van der Waals surface area contributed by atoms with E-state index in [1.54, 1.807) is 0 Å². The maximum absolute atomic E-state index is 6.08. The number of nitrogens with two attached hydrogens (primary N) is 2. The summed E-state index contributed by atoms with van der Waals surface area (Å²) in [5.41, 5.74) is 17.5. The second kappa shape index (κ2) is 9.92. The van der Waals surface area contributed by atoms with Crippen molar-refractivity contribution in [1.29, 1.82) is 0 Å². The normalized spacial score (nSPS) is 14.4. The van der Waals surface area contributed by atoms with Crippen molar-refractivity contribution < 1.29 is 9.47 Å². The highest BCUT2D eigenvalue weighted by molar-refractivity contribution is 5.90. The van der Waals surface area contributed by atoms with Gasteiger partial charge in [-0.15, -0.1) is 0 Å². The van der Waals surface area contributed by atoms with Crippen molar-refractivity contribution in [2.75, 3.05) is 11.5 Å². The van der Waals surface area contributed by atoms with Crippen LogP contribution in [-0.2, 0) is 5.41 Å². The molecule has 41 heavy (non-hydrogen) atoms. The Balaban J connectivity index is 1.28. The molecule has 4 nitrogen and oxygen atoms in total. The largest absolute Gasteiger partial charge is 0.457 e. The Hall–Kier alpha value is -5.48. The molecule has 0 radical (unpaired) electrons. The highest BCUT2D eigenvalue weighted by atomic mass is 16.5. The number of nitrogen functional groups attached to an aromatic ring is 2. The SMILES string of the molecule is Nc1cccc(Oc2ccc(C3(c4ccc(Oc5cccc(N)c5)cc4)C=CC4=c5ccccc5=CC4=C3)cc2)c1. The smallest absolute Gasteiger partial charge is 0.129 e. The Morgan fingerprint density at radius 1 is 0.537 bits per heavy atom. The topological polar surface area (TPSA) is 70.5 Å². The number of ether oxygens (including phenoxy) is 2.